The third kappa shape index (κ3) is 3.16. The maximum Gasteiger partial charge on any atom is 0.455 e. The zero-order valence-electron chi connectivity index (χ0n) is 11.3. The van der Waals surface area contributed by atoms with Gasteiger partial charge in [0.05, 0.1) is 14.2 Å². The third-order valence-electron chi connectivity index (χ3n) is 2.86. The molecule has 0 aliphatic carbocycles. The van der Waals surface area contributed by atoms with Crippen LogP contribution in [0.15, 0.2) is 12.1 Å². The molecule has 0 radical (unpaired) electrons. The van der Waals surface area contributed by atoms with Gasteiger partial charge >= 0.3 is 12.1 Å². The molecule has 1 N–H and O–H groups in total. The van der Waals surface area contributed by atoms with Gasteiger partial charge in [0.25, 0.3) is 0 Å². The Morgan fingerprint density at radius 1 is 1.10 bits per heavy atom. The molecule has 0 spiro atoms. The Kier molecular flexibility index (Phi) is 5.27. The third-order valence-corrected chi connectivity index (χ3v) is 3.21. The molecule has 0 amide bonds. The summed E-state index contributed by atoms with van der Waals surface area (Å²) in [5.74, 6) is -5.21. The summed E-state index contributed by atoms with van der Waals surface area (Å²) in [7, 11) is 3.38. The van der Waals surface area contributed by atoms with Gasteiger partial charge in [0.2, 0.25) is 0 Å². The molecular weight excluding hydrogens is 321 g/mol. The molecule has 1 rings (SSSR count). The van der Waals surface area contributed by atoms with Crippen LogP contribution in [0, 0.1) is 0 Å². The van der Waals surface area contributed by atoms with Crippen molar-refractivity contribution in [2.24, 2.45) is 0 Å². The first kappa shape index (κ1) is 17.8. The van der Waals surface area contributed by atoms with Crippen LogP contribution in [0.25, 0.3) is 0 Å². The number of rotatable bonds is 5. The number of benzene rings is 1. The molecule has 1 aromatic carbocycles. The van der Waals surface area contributed by atoms with Crippen LogP contribution in [0.5, 0.6) is 11.5 Å². The Morgan fingerprint density at radius 3 is 2.05 bits per heavy atom. The fourth-order valence-electron chi connectivity index (χ4n) is 1.84. The molecule has 3 nitrogen and oxygen atoms in total. The van der Waals surface area contributed by atoms with Gasteiger partial charge < -0.3 is 14.8 Å². The molecule has 0 aliphatic rings. The fourth-order valence-corrected chi connectivity index (χ4v) is 2.17. The van der Waals surface area contributed by atoms with Crippen LogP contribution in [0.3, 0.4) is 0 Å². The van der Waals surface area contributed by atoms with Gasteiger partial charge in [-0.05, 0) is 19.2 Å². The lowest BCUT2D eigenvalue weighted by molar-refractivity contribution is -0.294. The van der Waals surface area contributed by atoms with E-state index in [-0.39, 0.29) is 16.5 Å². The number of halogens is 6. The van der Waals surface area contributed by atoms with Crippen molar-refractivity contribution in [3.05, 3.63) is 22.7 Å². The Labute approximate surface area is 123 Å². The van der Waals surface area contributed by atoms with E-state index in [0.717, 1.165) is 20.2 Å². The summed E-state index contributed by atoms with van der Waals surface area (Å²) in [5, 5.41) is 1.77. The molecule has 0 heterocycles. The largest absolute Gasteiger partial charge is 0.495 e. The Bertz CT molecular complexity index is 507. The van der Waals surface area contributed by atoms with E-state index in [1.54, 1.807) is 0 Å². The minimum absolute atomic E-state index is 0.0995. The zero-order chi connectivity index (χ0) is 16.4. The predicted octanol–water partition coefficient (Wildman–Crippen LogP) is 3.82. The molecule has 0 saturated heterocycles. The number of alkyl halides is 5. The molecule has 21 heavy (non-hydrogen) atoms. The molecular formula is C12H13ClF5NO2. The number of hydrogen-bond donors (Lipinski definition) is 1. The Hall–Kier alpha value is -1.28. The topological polar surface area (TPSA) is 30.5 Å². The molecule has 120 valence electrons. The maximum absolute atomic E-state index is 13.6. The Balaban J connectivity index is 3.46. The van der Waals surface area contributed by atoms with Crippen molar-refractivity contribution >= 4 is 11.6 Å². The predicted molar refractivity (Wildman–Crippen MR) is 67.4 cm³/mol. The van der Waals surface area contributed by atoms with E-state index in [1.807, 2.05) is 5.32 Å². The quantitative estimate of drug-likeness (QED) is 0.831. The van der Waals surface area contributed by atoms with Crippen molar-refractivity contribution in [3.8, 4) is 11.5 Å². The minimum atomic E-state index is -5.72. The summed E-state index contributed by atoms with van der Waals surface area (Å²) < 4.78 is 74.6. The summed E-state index contributed by atoms with van der Waals surface area (Å²) in [6, 6.07) is -0.114. The van der Waals surface area contributed by atoms with Crippen molar-refractivity contribution in [2.75, 3.05) is 21.3 Å². The average Bonchev–Trinajstić information content (AvgIpc) is 2.38. The first-order chi connectivity index (χ1) is 9.61. The molecule has 1 atom stereocenters. The molecule has 0 aliphatic heterocycles. The summed E-state index contributed by atoms with van der Waals surface area (Å²) in [6.45, 7) is 0. The van der Waals surface area contributed by atoms with Crippen LogP contribution in [-0.2, 0) is 0 Å². The summed E-state index contributed by atoms with van der Waals surface area (Å²) in [5.41, 5.74) is -0.423. The lowest BCUT2D eigenvalue weighted by atomic mass is 9.98. The lowest BCUT2D eigenvalue weighted by Crippen LogP contribution is -2.47. The van der Waals surface area contributed by atoms with Crippen LogP contribution in [0.1, 0.15) is 11.6 Å². The van der Waals surface area contributed by atoms with Gasteiger partial charge in [0.1, 0.15) is 22.6 Å². The molecule has 0 fully saturated rings. The first-order valence-electron chi connectivity index (χ1n) is 5.64. The highest BCUT2D eigenvalue weighted by Gasteiger charge is 2.63. The van der Waals surface area contributed by atoms with Crippen molar-refractivity contribution in [2.45, 2.75) is 18.1 Å². The van der Waals surface area contributed by atoms with E-state index in [9.17, 15) is 22.0 Å². The van der Waals surface area contributed by atoms with Crippen LogP contribution >= 0.6 is 11.6 Å². The van der Waals surface area contributed by atoms with Gasteiger partial charge in [-0.25, -0.2) is 0 Å². The van der Waals surface area contributed by atoms with E-state index in [0.29, 0.717) is 0 Å². The van der Waals surface area contributed by atoms with Gasteiger partial charge in [-0.15, -0.1) is 0 Å². The Morgan fingerprint density at radius 2 is 1.67 bits per heavy atom. The average molecular weight is 334 g/mol. The molecule has 0 bridgehead atoms. The molecule has 1 aromatic rings. The van der Waals surface area contributed by atoms with Gasteiger partial charge in [0.15, 0.2) is 0 Å². The van der Waals surface area contributed by atoms with E-state index >= 15 is 0 Å². The van der Waals surface area contributed by atoms with E-state index in [4.69, 9.17) is 21.1 Å². The van der Waals surface area contributed by atoms with E-state index < -0.39 is 23.7 Å². The fraction of sp³-hybridized carbons (Fsp3) is 0.500. The summed E-state index contributed by atoms with van der Waals surface area (Å²) in [6.07, 6.45) is -5.72. The highest BCUT2D eigenvalue weighted by molar-refractivity contribution is 6.33. The van der Waals surface area contributed by atoms with Crippen LogP contribution in [0.4, 0.5) is 22.0 Å². The molecule has 0 saturated carbocycles. The van der Waals surface area contributed by atoms with Crippen LogP contribution < -0.4 is 14.8 Å². The van der Waals surface area contributed by atoms with Crippen molar-refractivity contribution < 1.29 is 31.4 Å². The summed E-state index contributed by atoms with van der Waals surface area (Å²) in [4.78, 5) is 0. The van der Waals surface area contributed by atoms with Crippen LogP contribution in [-0.4, -0.2) is 33.4 Å². The first-order valence-corrected chi connectivity index (χ1v) is 6.01. The number of hydrogen-bond acceptors (Lipinski definition) is 3. The lowest BCUT2D eigenvalue weighted by Gasteiger charge is -2.30. The second-order valence-electron chi connectivity index (χ2n) is 4.05. The van der Waals surface area contributed by atoms with E-state index in [1.165, 1.54) is 13.2 Å². The standard InChI is InChI=1S/C12H13ClF5NO2/c1-19-10(11(14,15)12(16,17)18)6-4-5-7(20-2)8(13)9(6)21-3/h4-5,10,19H,1-3H3. The molecule has 0 aromatic heterocycles. The van der Waals surface area contributed by atoms with Crippen molar-refractivity contribution in [3.63, 3.8) is 0 Å². The van der Waals surface area contributed by atoms with Gasteiger partial charge in [-0.2, -0.15) is 22.0 Å². The second-order valence-corrected chi connectivity index (χ2v) is 4.42. The number of ether oxygens (including phenoxy) is 2. The van der Waals surface area contributed by atoms with E-state index in [2.05, 4.69) is 0 Å². The second kappa shape index (κ2) is 6.23. The highest BCUT2D eigenvalue weighted by atomic mass is 35.5. The minimum Gasteiger partial charge on any atom is -0.495 e. The number of nitrogens with one attached hydrogen (secondary N) is 1. The molecule has 9 heteroatoms. The SMILES string of the molecule is CNC(c1ccc(OC)c(Cl)c1OC)C(F)(F)C(F)(F)F. The van der Waals surface area contributed by atoms with Gasteiger partial charge in [-0.1, -0.05) is 11.6 Å². The monoisotopic (exact) mass is 333 g/mol. The normalized spacial score (nSPS) is 14.0. The number of methoxy groups -OCH3 is 2. The maximum atomic E-state index is 13.6. The molecule has 1 unspecified atom stereocenters. The summed E-state index contributed by atoms with van der Waals surface area (Å²) >= 11 is 5.88. The van der Waals surface area contributed by atoms with Gasteiger partial charge in [-0.3, -0.25) is 0 Å². The van der Waals surface area contributed by atoms with Crippen molar-refractivity contribution in [1.29, 1.82) is 0 Å². The van der Waals surface area contributed by atoms with Crippen molar-refractivity contribution in [1.82, 2.24) is 5.32 Å². The highest BCUT2D eigenvalue weighted by Crippen LogP contribution is 2.48. The smallest absolute Gasteiger partial charge is 0.455 e. The van der Waals surface area contributed by atoms with Crippen LogP contribution in [0.2, 0.25) is 5.02 Å². The zero-order valence-corrected chi connectivity index (χ0v) is 12.1. The van der Waals surface area contributed by atoms with Gasteiger partial charge in [0, 0.05) is 5.56 Å².